The molecule has 1 saturated heterocycles. The van der Waals surface area contributed by atoms with Crippen LogP contribution in [0, 0.1) is 0 Å². The number of ether oxygens (including phenoxy) is 1. The van der Waals surface area contributed by atoms with E-state index in [-0.39, 0.29) is 6.09 Å². The van der Waals surface area contributed by atoms with Crippen molar-refractivity contribution in [2.45, 2.75) is 87.2 Å². The predicted octanol–water partition coefficient (Wildman–Crippen LogP) is 6.59. The fraction of sp³-hybridized carbons (Fsp3) is 0.586. The highest BCUT2D eigenvalue weighted by Crippen LogP contribution is 2.22. The minimum absolute atomic E-state index is 0.226. The van der Waals surface area contributed by atoms with Gasteiger partial charge in [0, 0.05) is 61.8 Å². The largest absolute Gasteiger partial charge is 0.444 e. The molecule has 0 atom stereocenters. The van der Waals surface area contributed by atoms with Crippen molar-refractivity contribution in [3.05, 3.63) is 59.5 Å². The molecule has 0 N–H and O–H groups in total. The number of carbonyl (C=O) groups excluding carboxylic acids is 1. The van der Waals surface area contributed by atoms with Gasteiger partial charge in [-0.25, -0.2) is 14.8 Å². The predicted molar refractivity (Wildman–Crippen MR) is 150 cm³/mol. The Balaban J connectivity index is 0.000000600. The van der Waals surface area contributed by atoms with Crippen LogP contribution < -0.4 is 0 Å². The first-order chi connectivity index (χ1) is 17.0. The molecule has 0 aliphatic carbocycles. The van der Waals surface area contributed by atoms with E-state index in [4.69, 9.17) is 4.74 Å². The number of piperazine rings is 1. The monoisotopic (exact) mass is 497 g/mol. The molecule has 0 radical (unpaired) electrons. The Kier molecular flexibility index (Phi) is 13.7. The van der Waals surface area contributed by atoms with E-state index < -0.39 is 5.60 Å². The number of aryl methyl sites for hydroxylation is 1. The molecule has 0 aromatic carbocycles. The third-order valence-electron chi connectivity index (χ3n) is 5.72. The summed E-state index contributed by atoms with van der Waals surface area (Å²) in [6, 6.07) is 0. The van der Waals surface area contributed by atoms with E-state index >= 15 is 0 Å². The Morgan fingerprint density at radius 2 is 1.64 bits per heavy atom. The molecule has 1 fully saturated rings. The summed E-state index contributed by atoms with van der Waals surface area (Å²) >= 11 is 0. The molecule has 0 saturated carbocycles. The summed E-state index contributed by atoms with van der Waals surface area (Å²) < 4.78 is 5.49. The highest BCUT2D eigenvalue weighted by molar-refractivity contribution is 6.02. The first kappa shape index (κ1) is 31.1. The topological polar surface area (TPSA) is 70.9 Å². The fourth-order valence-electron chi connectivity index (χ4n) is 3.77. The third-order valence-corrected chi connectivity index (χ3v) is 5.72. The van der Waals surface area contributed by atoms with E-state index in [1.807, 2.05) is 39.4 Å². The Bertz CT molecular complexity index is 919. The van der Waals surface area contributed by atoms with E-state index in [0.717, 1.165) is 38.1 Å². The molecule has 0 spiro atoms. The summed E-state index contributed by atoms with van der Waals surface area (Å²) in [4.78, 5) is 28.8. The molecule has 1 aliphatic heterocycles. The minimum Gasteiger partial charge on any atom is -0.444 e. The normalized spacial score (nSPS) is 15.9. The van der Waals surface area contributed by atoms with Crippen molar-refractivity contribution in [3.8, 4) is 0 Å². The van der Waals surface area contributed by atoms with Crippen LogP contribution in [0.25, 0.3) is 0 Å². The van der Waals surface area contributed by atoms with Crippen LogP contribution in [0.2, 0.25) is 0 Å². The first-order valence-corrected chi connectivity index (χ1v) is 13.0. The second kappa shape index (κ2) is 15.9. The van der Waals surface area contributed by atoms with Gasteiger partial charge in [-0.2, -0.15) is 0 Å². The zero-order valence-electron chi connectivity index (χ0n) is 24.0. The molecule has 1 aromatic rings. The zero-order valence-corrected chi connectivity index (χ0v) is 24.0. The molecule has 2 rings (SSSR count). The van der Waals surface area contributed by atoms with Crippen molar-refractivity contribution in [2.24, 2.45) is 4.99 Å². The van der Waals surface area contributed by atoms with Crippen molar-refractivity contribution in [1.29, 1.82) is 0 Å². The number of allylic oxidation sites excluding steroid dienone is 5. The van der Waals surface area contributed by atoms with Crippen LogP contribution in [0.15, 0.2) is 58.9 Å². The number of hydrogen-bond donors (Lipinski definition) is 0. The molecule has 0 bridgehead atoms. The molecule has 1 aromatic heterocycles. The lowest BCUT2D eigenvalue weighted by Gasteiger charge is -2.38. The number of nitrogens with zero attached hydrogens (tertiary/aromatic N) is 5. The lowest BCUT2D eigenvalue weighted by molar-refractivity contribution is 0.0168. The molecule has 0 unspecified atom stereocenters. The second-order valence-corrected chi connectivity index (χ2v) is 9.89. The molecule has 1 amide bonds. The van der Waals surface area contributed by atoms with Crippen LogP contribution >= 0.6 is 0 Å². The van der Waals surface area contributed by atoms with E-state index in [0.29, 0.717) is 13.1 Å². The van der Waals surface area contributed by atoms with Crippen LogP contribution in [-0.4, -0.2) is 63.4 Å². The van der Waals surface area contributed by atoms with E-state index in [1.165, 1.54) is 22.4 Å². The summed E-state index contributed by atoms with van der Waals surface area (Å²) in [6.07, 6.45) is 14.3. The third kappa shape index (κ3) is 11.2. The van der Waals surface area contributed by atoms with Gasteiger partial charge in [0.1, 0.15) is 11.9 Å². The average Bonchev–Trinajstić information content (AvgIpc) is 2.84. The highest BCUT2D eigenvalue weighted by atomic mass is 16.6. The minimum atomic E-state index is -0.459. The highest BCUT2D eigenvalue weighted by Gasteiger charge is 2.26. The SMILES string of the molecule is CCCc1cncnc1.C\C=C(C)/C(C(/C)=N/C=C/CC)=C(/C)N1CCN(C(=O)OC(C)(C)C)CC1. The van der Waals surface area contributed by atoms with Gasteiger partial charge in [0.15, 0.2) is 0 Å². The Labute approximate surface area is 219 Å². The van der Waals surface area contributed by atoms with Crippen molar-refractivity contribution in [3.63, 3.8) is 0 Å². The van der Waals surface area contributed by atoms with Gasteiger partial charge in [0.05, 0.1) is 0 Å². The molecule has 200 valence electrons. The van der Waals surface area contributed by atoms with Gasteiger partial charge < -0.3 is 14.5 Å². The van der Waals surface area contributed by atoms with Crippen molar-refractivity contribution >= 4 is 11.8 Å². The maximum absolute atomic E-state index is 12.3. The van der Waals surface area contributed by atoms with Gasteiger partial charge in [-0.05, 0) is 72.4 Å². The van der Waals surface area contributed by atoms with Crippen molar-refractivity contribution in [2.75, 3.05) is 26.2 Å². The number of carbonyl (C=O) groups is 1. The summed E-state index contributed by atoms with van der Waals surface area (Å²) in [6.45, 7) is 21.2. The van der Waals surface area contributed by atoms with Crippen molar-refractivity contribution < 1.29 is 9.53 Å². The maximum atomic E-state index is 12.3. The molecule has 36 heavy (non-hydrogen) atoms. The Morgan fingerprint density at radius 1 is 1.06 bits per heavy atom. The number of aliphatic imine (C=N–C) groups is 1. The second-order valence-electron chi connectivity index (χ2n) is 9.89. The molecule has 7 heteroatoms. The van der Waals surface area contributed by atoms with E-state index in [9.17, 15) is 4.79 Å². The molecule has 2 heterocycles. The fourth-order valence-corrected chi connectivity index (χ4v) is 3.77. The summed E-state index contributed by atoms with van der Waals surface area (Å²) in [5.41, 5.74) is 5.39. The van der Waals surface area contributed by atoms with Gasteiger partial charge in [0.2, 0.25) is 0 Å². The van der Waals surface area contributed by atoms with Crippen molar-refractivity contribution in [1.82, 2.24) is 19.8 Å². The smallest absolute Gasteiger partial charge is 0.410 e. The number of aromatic nitrogens is 2. The van der Waals surface area contributed by atoms with Crippen LogP contribution in [-0.2, 0) is 11.2 Å². The van der Waals surface area contributed by atoms with Crippen LogP contribution in [0.1, 0.15) is 80.7 Å². The van der Waals surface area contributed by atoms with Gasteiger partial charge in [-0.15, -0.1) is 0 Å². The lowest BCUT2D eigenvalue weighted by Crippen LogP contribution is -2.49. The van der Waals surface area contributed by atoms with Crippen LogP contribution in [0.4, 0.5) is 4.79 Å². The molecular formula is C29H47N5O2. The van der Waals surface area contributed by atoms with Gasteiger partial charge in [0.25, 0.3) is 0 Å². The standard InChI is InChI=1S/C22H37N3O2.C7H10N2/c1-9-11-12-23-18(4)20(17(3)10-2)19(5)24-13-15-25(16-14-24)21(26)27-22(6,7)8;1-2-3-7-4-8-6-9-5-7/h10-12H,9,13-16H2,1-8H3;4-6H,2-3H2,1H3/b12-11+,17-10-,20-19+,23-18+;. The summed E-state index contributed by atoms with van der Waals surface area (Å²) in [5, 5.41) is 0. The number of rotatable bonds is 7. The van der Waals surface area contributed by atoms with Gasteiger partial charge >= 0.3 is 6.09 Å². The number of amides is 1. The molecule has 1 aliphatic rings. The summed E-state index contributed by atoms with van der Waals surface area (Å²) in [7, 11) is 0. The molecule has 7 nitrogen and oxygen atoms in total. The van der Waals surface area contributed by atoms with Crippen LogP contribution in [0.3, 0.4) is 0 Å². The summed E-state index contributed by atoms with van der Waals surface area (Å²) in [5.74, 6) is 0. The molecular weight excluding hydrogens is 450 g/mol. The van der Waals surface area contributed by atoms with Gasteiger partial charge in [-0.3, -0.25) is 4.99 Å². The average molecular weight is 498 g/mol. The maximum Gasteiger partial charge on any atom is 0.410 e. The van der Waals surface area contributed by atoms with E-state index in [1.54, 1.807) is 11.2 Å². The first-order valence-electron chi connectivity index (χ1n) is 13.0. The lowest BCUT2D eigenvalue weighted by atomic mass is 10.00. The number of hydrogen-bond acceptors (Lipinski definition) is 6. The van der Waals surface area contributed by atoms with Gasteiger partial charge in [-0.1, -0.05) is 32.4 Å². The Hall–Kier alpha value is -2.96. The Morgan fingerprint density at radius 3 is 2.14 bits per heavy atom. The zero-order chi connectivity index (χ0) is 27.1. The quantitative estimate of drug-likeness (QED) is 0.314. The van der Waals surface area contributed by atoms with E-state index in [2.05, 4.69) is 73.6 Å². The van der Waals surface area contributed by atoms with Crippen LogP contribution in [0.5, 0.6) is 0 Å².